The number of nitrogens with zero attached hydrogens (tertiary/aromatic N) is 2. The first-order valence-electron chi connectivity index (χ1n) is 4.13. The second-order valence-electron chi connectivity index (χ2n) is 3.09. The first-order valence-corrected chi connectivity index (χ1v) is 4.94. The van der Waals surface area contributed by atoms with E-state index in [4.69, 9.17) is 0 Å². The Balaban J connectivity index is 2.53. The molecule has 0 spiro atoms. The number of hydrogen-bond acceptors (Lipinski definition) is 3. The Hall–Kier alpha value is -1.16. The van der Waals surface area contributed by atoms with Crippen LogP contribution in [-0.4, -0.2) is 15.2 Å². The molecule has 0 saturated heterocycles. The minimum Gasteiger partial charge on any atom is -0.275 e. The van der Waals surface area contributed by atoms with Gasteiger partial charge in [-0.15, -0.1) is 11.3 Å². The molecule has 0 radical (unpaired) electrons. The standard InChI is InChI=1S/C9H11N3S/c1-5-4-10-12-8(5)9-11-6(2)7(3)13-9/h4H,1-3H3,(H,10,12). The summed E-state index contributed by atoms with van der Waals surface area (Å²) in [5.74, 6) is 0. The Labute approximate surface area is 80.8 Å². The summed E-state index contributed by atoms with van der Waals surface area (Å²) < 4.78 is 0. The van der Waals surface area contributed by atoms with E-state index in [1.807, 2.05) is 20.0 Å². The summed E-state index contributed by atoms with van der Waals surface area (Å²) in [5.41, 5.74) is 3.30. The third-order valence-corrected chi connectivity index (χ3v) is 3.16. The van der Waals surface area contributed by atoms with Crippen LogP contribution >= 0.6 is 11.3 Å². The number of aromatic amines is 1. The zero-order valence-electron chi connectivity index (χ0n) is 7.88. The molecular weight excluding hydrogens is 182 g/mol. The molecule has 68 valence electrons. The van der Waals surface area contributed by atoms with Crippen LogP contribution in [0.4, 0.5) is 0 Å². The van der Waals surface area contributed by atoms with Crippen molar-refractivity contribution in [1.29, 1.82) is 0 Å². The maximum Gasteiger partial charge on any atom is 0.142 e. The highest BCUT2D eigenvalue weighted by molar-refractivity contribution is 7.15. The Kier molecular flexibility index (Phi) is 1.92. The van der Waals surface area contributed by atoms with Crippen molar-refractivity contribution >= 4 is 11.3 Å². The van der Waals surface area contributed by atoms with Crippen LogP contribution in [-0.2, 0) is 0 Å². The first kappa shape index (κ1) is 8.44. The predicted octanol–water partition coefficient (Wildman–Crippen LogP) is 2.46. The van der Waals surface area contributed by atoms with Gasteiger partial charge in [-0.25, -0.2) is 4.98 Å². The SMILES string of the molecule is Cc1cn[nH]c1-c1nc(C)c(C)s1. The average molecular weight is 193 g/mol. The first-order chi connectivity index (χ1) is 6.18. The highest BCUT2D eigenvalue weighted by Crippen LogP contribution is 2.27. The number of rotatable bonds is 1. The molecule has 0 atom stereocenters. The van der Waals surface area contributed by atoms with Gasteiger partial charge in [0.15, 0.2) is 0 Å². The fraction of sp³-hybridized carbons (Fsp3) is 0.333. The van der Waals surface area contributed by atoms with Gasteiger partial charge in [0.2, 0.25) is 0 Å². The van der Waals surface area contributed by atoms with Crippen LogP contribution in [0.3, 0.4) is 0 Å². The summed E-state index contributed by atoms with van der Waals surface area (Å²) in [4.78, 5) is 5.73. The van der Waals surface area contributed by atoms with Crippen LogP contribution in [0.1, 0.15) is 16.1 Å². The van der Waals surface area contributed by atoms with Gasteiger partial charge in [0.1, 0.15) is 5.01 Å². The number of aromatic nitrogens is 3. The molecule has 0 unspecified atom stereocenters. The summed E-state index contributed by atoms with van der Waals surface area (Å²) >= 11 is 1.70. The lowest BCUT2D eigenvalue weighted by atomic mass is 10.3. The van der Waals surface area contributed by atoms with Gasteiger partial charge in [-0.2, -0.15) is 5.10 Å². The normalized spacial score (nSPS) is 10.7. The Morgan fingerprint density at radius 3 is 2.54 bits per heavy atom. The number of nitrogens with one attached hydrogen (secondary N) is 1. The molecule has 0 aromatic carbocycles. The molecule has 0 aliphatic carbocycles. The van der Waals surface area contributed by atoms with E-state index in [2.05, 4.69) is 22.1 Å². The molecule has 0 fully saturated rings. The second kappa shape index (κ2) is 2.96. The summed E-state index contributed by atoms with van der Waals surface area (Å²) in [5, 5.41) is 7.97. The molecule has 2 aromatic rings. The van der Waals surface area contributed by atoms with Crippen molar-refractivity contribution in [3.05, 3.63) is 22.3 Å². The second-order valence-corrected chi connectivity index (χ2v) is 4.29. The maximum atomic E-state index is 4.46. The fourth-order valence-corrected chi connectivity index (χ4v) is 2.12. The van der Waals surface area contributed by atoms with Crippen molar-refractivity contribution in [2.45, 2.75) is 20.8 Å². The van der Waals surface area contributed by atoms with E-state index in [-0.39, 0.29) is 0 Å². The van der Waals surface area contributed by atoms with Crippen molar-refractivity contribution in [2.75, 3.05) is 0 Å². The van der Waals surface area contributed by atoms with Gasteiger partial charge in [-0.1, -0.05) is 0 Å². The van der Waals surface area contributed by atoms with E-state index in [0.717, 1.165) is 22.0 Å². The van der Waals surface area contributed by atoms with E-state index in [1.165, 1.54) is 4.88 Å². The van der Waals surface area contributed by atoms with Gasteiger partial charge in [0.05, 0.1) is 17.6 Å². The average Bonchev–Trinajstić information content (AvgIpc) is 2.60. The molecular formula is C9H11N3S. The van der Waals surface area contributed by atoms with Crippen molar-refractivity contribution in [3.63, 3.8) is 0 Å². The van der Waals surface area contributed by atoms with E-state index >= 15 is 0 Å². The van der Waals surface area contributed by atoms with E-state index in [9.17, 15) is 0 Å². The van der Waals surface area contributed by atoms with Gasteiger partial charge in [0.25, 0.3) is 0 Å². The van der Waals surface area contributed by atoms with Gasteiger partial charge >= 0.3 is 0 Å². The molecule has 4 heteroatoms. The molecule has 2 aromatic heterocycles. The van der Waals surface area contributed by atoms with E-state index in [1.54, 1.807) is 11.3 Å². The zero-order chi connectivity index (χ0) is 9.42. The van der Waals surface area contributed by atoms with Crippen molar-refractivity contribution in [2.24, 2.45) is 0 Å². The molecule has 0 aliphatic rings. The Morgan fingerprint density at radius 2 is 2.08 bits per heavy atom. The highest BCUT2D eigenvalue weighted by atomic mass is 32.1. The Morgan fingerprint density at radius 1 is 1.31 bits per heavy atom. The lowest BCUT2D eigenvalue weighted by Gasteiger charge is -1.90. The molecule has 0 bridgehead atoms. The third kappa shape index (κ3) is 1.37. The van der Waals surface area contributed by atoms with Crippen LogP contribution in [0.2, 0.25) is 0 Å². The summed E-state index contributed by atoms with van der Waals surface area (Å²) in [7, 11) is 0. The topological polar surface area (TPSA) is 41.6 Å². The maximum absolute atomic E-state index is 4.46. The monoisotopic (exact) mass is 193 g/mol. The van der Waals surface area contributed by atoms with Gasteiger partial charge in [-0.3, -0.25) is 5.10 Å². The molecule has 2 heterocycles. The van der Waals surface area contributed by atoms with Gasteiger partial charge < -0.3 is 0 Å². The van der Waals surface area contributed by atoms with Crippen LogP contribution in [0, 0.1) is 20.8 Å². The predicted molar refractivity (Wildman–Crippen MR) is 53.9 cm³/mol. The lowest BCUT2D eigenvalue weighted by Crippen LogP contribution is -1.79. The van der Waals surface area contributed by atoms with Crippen LogP contribution in [0.5, 0.6) is 0 Å². The number of H-pyrrole nitrogens is 1. The molecule has 0 saturated carbocycles. The minimum atomic E-state index is 1.03. The lowest BCUT2D eigenvalue weighted by molar-refractivity contribution is 1.09. The molecule has 2 rings (SSSR count). The van der Waals surface area contributed by atoms with Crippen LogP contribution < -0.4 is 0 Å². The van der Waals surface area contributed by atoms with Gasteiger partial charge in [0, 0.05) is 4.88 Å². The largest absolute Gasteiger partial charge is 0.275 e. The number of hydrogen-bond donors (Lipinski definition) is 1. The third-order valence-electron chi connectivity index (χ3n) is 2.07. The molecule has 3 nitrogen and oxygen atoms in total. The minimum absolute atomic E-state index is 1.03. The van der Waals surface area contributed by atoms with Crippen molar-refractivity contribution < 1.29 is 0 Å². The zero-order valence-corrected chi connectivity index (χ0v) is 8.70. The van der Waals surface area contributed by atoms with Crippen LogP contribution in [0.15, 0.2) is 6.20 Å². The van der Waals surface area contributed by atoms with Gasteiger partial charge in [-0.05, 0) is 26.3 Å². The van der Waals surface area contributed by atoms with Crippen molar-refractivity contribution in [3.8, 4) is 10.7 Å². The number of thiazole rings is 1. The molecule has 0 amide bonds. The Bertz CT molecular complexity index is 408. The summed E-state index contributed by atoms with van der Waals surface area (Å²) in [6.45, 7) is 6.15. The van der Waals surface area contributed by atoms with E-state index < -0.39 is 0 Å². The summed E-state index contributed by atoms with van der Waals surface area (Å²) in [6.07, 6.45) is 1.82. The summed E-state index contributed by atoms with van der Waals surface area (Å²) in [6, 6.07) is 0. The van der Waals surface area contributed by atoms with E-state index in [0.29, 0.717) is 0 Å². The number of aryl methyl sites for hydroxylation is 3. The molecule has 1 N–H and O–H groups in total. The van der Waals surface area contributed by atoms with Crippen LogP contribution in [0.25, 0.3) is 10.7 Å². The molecule has 0 aliphatic heterocycles. The quantitative estimate of drug-likeness (QED) is 0.755. The fourth-order valence-electron chi connectivity index (χ4n) is 1.14. The molecule has 13 heavy (non-hydrogen) atoms. The smallest absolute Gasteiger partial charge is 0.142 e. The highest BCUT2D eigenvalue weighted by Gasteiger charge is 2.09. The van der Waals surface area contributed by atoms with Crippen molar-refractivity contribution in [1.82, 2.24) is 15.2 Å².